The summed E-state index contributed by atoms with van der Waals surface area (Å²) in [7, 11) is 0. The Labute approximate surface area is 276 Å². The van der Waals surface area contributed by atoms with Gasteiger partial charge in [-0.1, -0.05) is 36.8 Å². The number of halogens is 3. The minimum Gasteiger partial charge on any atom is -0.461 e. The number of anilines is 2. The third kappa shape index (κ3) is 5.09. The minimum atomic E-state index is -0.601. The predicted molar refractivity (Wildman–Crippen MR) is 181 cm³/mol. The van der Waals surface area contributed by atoms with Crippen molar-refractivity contribution >= 4 is 55.0 Å². The van der Waals surface area contributed by atoms with Crippen LogP contribution in [-0.2, 0) is 0 Å². The third-order valence-corrected chi connectivity index (χ3v) is 12.0. The van der Waals surface area contributed by atoms with E-state index in [4.69, 9.17) is 32.0 Å². The molecular formula is C34H40ClF2N7OS. The first-order valence-corrected chi connectivity index (χ1v) is 17.8. The average Bonchev–Trinajstić information content (AvgIpc) is 3.77. The van der Waals surface area contributed by atoms with Crippen molar-refractivity contribution in [1.82, 2.24) is 24.8 Å². The highest BCUT2D eigenvalue weighted by molar-refractivity contribution is 7.22. The fourth-order valence-corrected chi connectivity index (χ4v) is 9.56. The van der Waals surface area contributed by atoms with E-state index in [1.54, 1.807) is 6.07 Å². The van der Waals surface area contributed by atoms with Crippen molar-refractivity contribution < 1.29 is 13.5 Å². The van der Waals surface area contributed by atoms with Crippen LogP contribution in [0.3, 0.4) is 0 Å². The maximum atomic E-state index is 16.9. The van der Waals surface area contributed by atoms with Gasteiger partial charge in [0.1, 0.15) is 23.8 Å². The molecule has 244 valence electrons. The second-order valence-electron chi connectivity index (χ2n) is 14.0. The summed E-state index contributed by atoms with van der Waals surface area (Å²) in [5.74, 6) is 0.248. The molecule has 2 atom stereocenters. The number of fused-ring (bicyclic) bond motifs is 5. The quantitative estimate of drug-likeness (QED) is 0.213. The average molecular weight is 668 g/mol. The van der Waals surface area contributed by atoms with Gasteiger partial charge in [0, 0.05) is 41.7 Å². The molecule has 6 heterocycles. The summed E-state index contributed by atoms with van der Waals surface area (Å²) in [6.07, 6.45) is 7.93. The maximum Gasteiger partial charge on any atom is 0.319 e. The smallest absolute Gasteiger partial charge is 0.319 e. The van der Waals surface area contributed by atoms with Crippen LogP contribution in [0, 0.1) is 17.6 Å². The third-order valence-electron chi connectivity index (χ3n) is 10.8. The van der Waals surface area contributed by atoms with Gasteiger partial charge in [-0.3, -0.25) is 9.80 Å². The second-order valence-corrected chi connectivity index (χ2v) is 15.5. The molecule has 0 saturated carbocycles. The molecule has 4 fully saturated rings. The SMILES string of the molecule is CC(C)CCN1C2CCC1CN(c1nc(OCC34CCCN3CCC4)nc3c(F)c(-c4ccc(F)c5sc(N)nc45)c(Cl)cc13)C2. The zero-order chi connectivity index (χ0) is 31.7. The molecule has 4 saturated heterocycles. The molecule has 46 heavy (non-hydrogen) atoms. The molecule has 12 heteroatoms. The Balaban J connectivity index is 1.22. The Hall–Kier alpha value is -2.86. The van der Waals surface area contributed by atoms with E-state index in [2.05, 4.69) is 33.5 Å². The summed E-state index contributed by atoms with van der Waals surface area (Å²) in [5.41, 5.74) is 6.86. The largest absolute Gasteiger partial charge is 0.461 e. The highest BCUT2D eigenvalue weighted by Gasteiger charge is 2.45. The molecule has 2 aromatic carbocycles. The molecule has 0 spiro atoms. The zero-order valence-electron chi connectivity index (χ0n) is 26.4. The summed E-state index contributed by atoms with van der Waals surface area (Å²) in [6, 6.07) is 5.57. The van der Waals surface area contributed by atoms with Crippen LogP contribution in [0.2, 0.25) is 5.02 Å². The van der Waals surface area contributed by atoms with Crippen molar-refractivity contribution in [2.75, 3.05) is 50.0 Å². The normalized spacial score (nSPS) is 23.0. The summed E-state index contributed by atoms with van der Waals surface area (Å²) in [6.45, 7) is 9.89. The molecule has 8 rings (SSSR count). The number of rotatable bonds is 8. The first kappa shape index (κ1) is 30.5. The van der Waals surface area contributed by atoms with E-state index in [9.17, 15) is 4.39 Å². The van der Waals surface area contributed by atoms with Crippen molar-refractivity contribution in [1.29, 1.82) is 0 Å². The summed E-state index contributed by atoms with van der Waals surface area (Å²) in [5, 5.41) is 0.938. The van der Waals surface area contributed by atoms with Gasteiger partial charge >= 0.3 is 6.01 Å². The van der Waals surface area contributed by atoms with E-state index < -0.39 is 11.6 Å². The van der Waals surface area contributed by atoms with Crippen LogP contribution in [0.15, 0.2) is 18.2 Å². The van der Waals surface area contributed by atoms with Crippen LogP contribution < -0.4 is 15.4 Å². The van der Waals surface area contributed by atoms with Gasteiger partial charge in [-0.05, 0) is 88.7 Å². The van der Waals surface area contributed by atoms with Crippen molar-refractivity contribution in [3.63, 3.8) is 0 Å². The number of nitrogens with zero attached hydrogens (tertiary/aromatic N) is 6. The standard InChI is InChI=1S/C34H40ClF2N7OS/c1-19(2)9-14-44-20-5-6-21(44)17-42(16-20)31-23-15-24(35)26(22-7-8-25(36)30-29(22)39-32(38)46-30)27(37)28(23)40-33(41-31)45-18-34-10-3-12-43(34)13-4-11-34/h7-8,15,19-21H,3-6,9-14,16-18H2,1-2H3,(H2,38,39). The molecule has 0 amide bonds. The Morgan fingerprint density at radius 2 is 1.80 bits per heavy atom. The monoisotopic (exact) mass is 667 g/mol. The van der Waals surface area contributed by atoms with Crippen LogP contribution in [-0.4, -0.2) is 81.7 Å². The van der Waals surface area contributed by atoms with Crippen molar-refractivity contribution in [2.24, 2.45) is 5.92 Å². The number of hydrogen-bond donors (Lipinski definition) is 1. The summed E-state index contributed by atoms with van der Waals surface area (Å²) in [4.78, 5) is 21.5. The number of aromatic nitrogens is 3. The molecule has 2 N–H and O–H groups in total. The lowest BCUT2D eigenvalue weighted by Crippen LogP contribution is -2.54. The lowest BCUT2D eigenvalue weighted by Gasteiger charge is -2.42. The molecule has 4 aliphatic heterocycles. The molecule has 0 radical (unpaired) electrons. The first-order chi connectivity index (χ1) is 22.2. The van der Waals surface area contributed by atoms with E-state index in [0.717, 1.165) is 82.6 Å². The number of piperazine rings is 1. The van der Waals surface area contributed by atoms with Crippen molar-refractivity contribution in [3.8, 4) is 17.1 Å². The van der Waals surface area contributed by atoms with Crippen LogP contribution >= 0.6 is 22.9 Å². The Kier molecular flexibility index (Phi) is 7.74. The van der Waals surface area contributed by atoms with Crippen LogP contribution in [0.1, 0.15) is 58.8 Å². The number of hydrogen-bond acceptors (Lipinski definition) is 9. The van der Waals surface area contributed by atoms with E-state index >= 15 is 4.39 Å². The zero-order valence-corrected chi connectivity index (χ0v) is 27.9. The number of nitrogen functional groups attached to an aromatic ring is 1. The Morgan fingerprint density at radius 1 is 1.07 bits per heavy atom. The molecule has 8 nitrogen and oxygen atoms in total. The molecule has 4 aromatic rings. The van der Waals surface area contributed by atoms with Crippen molar-refractivity contribution in [2.45, 2.75) is 76.4 Å². The summed E-state index contributed by atoms with van der Waals surface area (Å²) >= 11 is 7.93. The Morgan fingerprint density at radius 3 is 2.52 bits per heavy atom. The number of thiazole rings is 1. The van der Waals surface area contributed by atoms with Gasteiger partial charge < -0.3 is 15.4 Å². The van der Waals surface area contributed by atoms with Crippen molar-refractivity contribution in [3.05, 3.63) is 34.9 Å². The predicted octanol–water partition coefficient (Wildman–Crippen LogP) is 7.13. The van der Waals surface area contributed by atoms with E-state index in [0.29, 0.717) is 41.4 Å². The molecule has 2 aromatic heterocycles. The fourth-order valence-electron chi connectivity index (χ4n) is 8.50. The summed E-state index contributed by atoms with van der Waals surface area (Å²) < 4.78 is 38.3. The second kappa shape index (κ2) is 11.7. The van der Waals surface area contributed by atoms with Gasteiger partial charge in [0.25, 0.3) is 0 Å². The van der Waals surface area contributed by atoms with Gasteiger partial charge in [-0.25, -0.2) is 13.8 Å². The number of nitrogens with two attached hydrogens (primary N) is 1. The highest BCUT2D eigenvalue weighted by atomic mass is 35.5. The lowest BCUT2D eigenvalue weighted by molar-refractivity contribution is 0.107. The number of ether oxygens (including phenoxy) is 1. The molecular weight excluding hydrogens is 628 g/mol. The first-order valence-electron chi connectivity index (χ1n) is 16.6. The fraction of sp³-hybridized carbons (Fsp3) is 0.559. The van der Waals surface area contributed by atoms with Gasteiger partial charge in [-0.15, -0.1) is 0 Å². The topological polar surface area (TPSA) is 83.6 Å². The molecule has 2 unspecified atom stereocenters. The lowest BCUT2D eigenvalue weighted by atomic mass is 9.95. The molecule has 2 bridgehead atoms. The van der Waals surface area contributed by atoms with Crippen LogP contribution in [0.5, 0.6) is 6.01 Å². The van der Waals surface area contributed by atoms with Gasteiger partial charge in [0.15, 0.2) is 10.9 Å². The maximum absolute atomic E-state index is 16.9. The number of benzene rings is 2. The van der Waals surface area contributed by atoms with Gasteiger partial charge in [0.2, 0.25) is 0 Å². The Bertz CT molecular complexity index is 1790. The van der Waals surface area contributed by atoms with Crippen LogP contribution in [0.25, 0.3) is 32.2 Å². The molecule has 4 aliphatic rings. The van der Waals surface area contributed by atoms with E-state index in [1.165, 1.54) is 18.6 Å². The highest BCUT2D eigenvalue weighted by Crippen LogP contribution is 2.44. The van der Waals surface area contributed by atoms with Gasteiger partial charge in [-0.2, -0.15) is 9.97 Å². The minimum absolute atomic E-state index is 0.00635. The van der Waals surface area contributed by atoms with E-state index in [-0.39, 0.29) is 43.0 Å². The van der Waals surface area contributed by atoms with E-state index in [1.807, 2.05) is 0 Å². The molecule has 0 aliphatic carbocycles. The van der Waals surface area contributed by atoms with Gasteiger partial charge in [0.05, 0.1) is 20.8 Å². The van der Waals surface area contributed by atoms with Crippen LogP contribution in [0.4, 0.5) is 19.7 Å².